The summed E-state index contributed by atoms with van der Waals surface area (Å²) < 4.78 is 30.0. The fourth-order valence-corrected chi connectivity index (χ4v) is 4.54. The predicted octanol–water partition coefficient (Wildman–Crippen LogP) is 10.7. The van der Waals surface area contributed by atoms with Crippen molar-refractivity contribution in [2.75, 3.05) is 13.8 Å². The summed E-state index contributed by atoms with van der Waals surface area (Å²) in [4.78, 5) is 9.37. The standard InChI is InChI=1S/C36H48FN5O.C2H6.CH3F/c1-8-12-13-14-20-43-36(26(6)10-3)41-23-28(11-4)16-15-17-32-34(39)35(33(25(5)9-2)27(7)42-32)40-24-30-21-29(22-38)18-19-31(30)37;2*1-2/h11,15-19,21,23,25-26,39,42H,4,8-10,12-14,20,24H2,1-3,5-7H3;1-2H3;1H3/b16-15+,28-23+,32-17+,39-34?,40-35?,41-36?;;. The number of nitrogens with one attached hydrogen (secondary N) is 2. The molecule has 0 fully saturated rings. The number of alkyl halides is 1. The van der Waals surface area contributed by atoms with Crippen molar-refractivity contribution in [2.45, 2.75) is 100 Å². The molecule has 1 aromatic rings. The topological polar surface area (TPSA) is 93.6 Å². The summed E-state index contributed by atoms with van der Waals surface area (Å²) in [6, 6.07) is 6.30. The van der Waals surface area contributed by atoms with Crippen LogP contribution in [0.4, 0.5) is 8.78 Å². The van der Waals surface area contributed by atoms with E-state index in [0.29, 0.717) is 36.3 Å². The number of hydrogen-bond acceptors (Lipinski definition) is 6. The van der Waals surface area contributed by atoms with Gasteiger partial charge in [-0.15, -0.1) is 0 Å². The van der Waals surface area contributed by atoms with Gasteiger partial charge in [-0.05, 0) is 62.0 Å². The highest BCUT2D eigenvalue weighted by Gasteiger charge is 2.27. The van der Waals surface area contributed by atoms with E-state index in [1.165, 1.54) is 31.0 Å². The Bertz CT molecular complexity index is 1360. The Balaban J connectivity index is 0.00000508. The van der Waals surface area contributed by atoms with Crippen molar-refractivity contribution in [1.29, 1.82) is 10.7 Å². The van der Waals surface area contributed by atoms with Crippen molar-refractivity contribution in [3.05, 3.63) is 94.8 Å². The van der Waals surface area contributed by atoms with Gasteiger partial charge in [-0.3, -0.25) is 14.8 Å². The highest BCUT2D eigenvalue weighted by atomic mass is 19.1. The second-order valence-electron chi connectivity index (χ2n) is 10.9. The molecule has 47 heavy (non-hydrogen) atoms. The molecule has 2 unspecified atom stereocenters. The highest BCUT2D eigenvalue weighted by Crippen LogP contribution is 2.26. The number of ether oxygens (including phenoxy) is 1. The molecule has 0 aromatic heterocycles. The Labute approximate surface area is 283 Å². The predicted molar refractivity (Wildman–Crippen MR) is 196 cm³/mol. The van der Waals surface area contributed by atoms with Crippen LogP contribution in [0.3, 0.4) is 0 Å². The average molecular weight is 650 g/mol. The van der Waals surface area contributed by atoms with Crippen LogP contribution in [-0.4, -0.2) is 31.1 Å². The van der Waals surface area contributed by atoms with E-state index >= 15 is 0 Å². The molecule has 6 nitrogen and oxygen atoms in total. The summed E-state index contributed by atoms with van der Waals surface area (Å²) in [5, 5.41) is 21.6. The van der Waals surface area contributed by atoms with Gasteiger partial charge >= 0.3 is 0 Å². The molecule has 1 aliphatic rings. The molecule has 0 saturated heterocycles. The Morgan fingerprint density at radius 3 is 2.43 bits per heavy atom. The SMILES string of the molecule is C=CC(/C=C/C=C1/NC(C)=C(C(C)CC)C(=NCc2cc(C#N)ccc2F)C1=N)=C\N=C(OCCCCCC)C(C)CC.CC.CF. The third-order valence-electron chi connectivity index (χ3n) is 7.58. The molecule has 0 bridgehead atoms. The number of hydrogen-bond donors (Lipinski definition) is 2. The monoisotopic (exact) mass is 649 g/mol. The minimum atomic E-state index is -0.418. The average Bonchev–Trinajstić information content (AvgIpc) is 3.10. The van der Waals surface area contributed by atoms with Crippen molar-refractivity contribution >= 4 is 17.3 Å². The van der Waals surface area contributed by atoms with Crippen LogP contribution in [0, 0.1) is 34.4 Å². The number of halogens is 2. The van der Waals surface area contributed by atoms with E-state index in [4.69, 9.17) is 15.1 Å². The van der Waals surface area contributed by atoms with Crippen molar-refractivity contribution < 1.29 is 13.5 Å². The third kappa shape index (κ3) is 14.5. The Kier molecular flexibility index (Phi) is 22.8. The first-order valence-electron chi connectivity index (χ1n) is 16.8. The number of aliphatic imine (C=N–C) groups is 2. The maximum atomic E-state index is 14.5. The number of rotatable bonds is 15. The van der Waals surface area contributed by atoms with Gasteiger partial charge in [-0.2, -0.15) is 5.26 Å². The van der Waals surface area contributed by atoms with Crippen LogP contribution in [-0.2, 0) is 11.3 Å². The summed E-state index contributed by atoms with van der Waals surface area (Å²) in [6.07, 6.45) is 15.4. The molecule has 2 rings (SSSR count). The Morgan fingerprint density at radius 1 is 1.13 bits per heavy atom. The summed E-state index contributed by atoms with van der Waals surface area (Å²) >= 11 is 0. The van der Waals surface area contributed by atoms with Crippen LogP contribution in [0.25, 0.3) is 0 Å². The van der Waals surface area contributed by atoms with Crippen LogP contribution in [0.5, 0.6) is 0 Å². The van der Waals surface area contributed by atoms with Gasteiger partial charge in [0.05, 0.1) is 43.4 Å². The summed E-state index contributed by atoms with van der Waals surface area (Å²) in [6.45, 7) is 21.2. The first-order valence-corrected chi connectivity index (χ1v) is 16.8. The van der Waals surface area contributed by atoms with Gasteiger partial charge in [0.2, 0.25) is 0 Å². The molecule has 1 aromatic carbocycles. The maximum Gasteiger partial charge on any atom is 0.190 e. The summed E-state index contributed by atoms with van der Waals surface area (Å²) in [5.41, 5.74) is 4.73. The summed E-state index contributed by atoms with van der Waals surface area (Å²) in [5.74, 6) is 0.685. The zero-order chi connectivity index (χ0) is 35.8. The minimum absolute atomic E-state index is 0.0376. The van der Waals surface area contributed by atoms with Crippen molar-refractivity contribution in [3.8, 4) is 6.07 Å². The van der Waals surface area contributed by atoms with Crippen LogP contribution in [0.2, 0.25) is 0 Å². The zero-order valence-corrected chi connectivity index (χ0v) is 30.1. The number of unbranched alkanes of at least 4 members (excludes halogenated alkanes) is 3. The molecule has 258 valence electrons. The minimum Gasteiger partial charge on any atom is -0.481 e. The second-order valence-corrected chi connectivity index (χ2v) is 10.9. The molecule has 1 aliphatic heterocycles. The lowest BCUT2D eigenvalue weighted by Crippen LogP contribution is -2.36. The van der Waals surface area contributed by atoms with Gasteiger partial charge in [0, 0.05) is 29.0 Å². The number of allylic oxidation sites excluding steroid dienone is 8. The molecule has 2 atom stereocenters. The van der Waals surface area contributed by atoms with Crippen LogP contribution in [0.1, 0.15) is 105 Å². The van der Waals surface area contributed by atoms with Crippen molar-refractivity contribution in [1.82, 2.24) is 5.32 Å². The molecule has 2 N–H and O–H groups in total. The second kappa shape index (κ2) is 25.0. The quantitative estimate of drug-likeness (QED) is 0.0857. The van der Waals surface area contributed by atoms with Gasteiger partial charge in [-0.25, -0.2) is 9.38 Å². The fourth-order valence-electron chi connectivity index (χ4n) is 4.54. The number of nitriles is 1. The van der Waals surface area contributed by atoms with Gasteiger partial charge < -0.3 is 10.1 Å². The van der Waals surface area contributed by atoms with Crippen molar-refractivity contribution in [3.63, 3.8) is 0 Å². The first-order chi connectivity index (χ1) is 22.7. The first kappa shape index (κ1) is 42.9. The molecular weight excluding hydrogens is 592 g/mol. The van der Waals surface area contributed by atoms with E-state index in [9.17, 15) is 14.0 Å². The van der Waals surface area contributed by atoms with E-state index in [1.807, 2.05) is 45.1 Å². The molecule has 0 radical (unpaired) electrons. The van der Waals surface area contributed by atoms with Crippen LogP contribution in [0.15, 0.2) is 87.8 Å². The third-order valence-corrected chi connectivity index (χ3v) is 7.58. The van der Waals surface area contributed by atoms with E-state index < -0.39 is 5.82 Å². The van der Waals surface area contributed by atoms with E-state index in [0.717, 1.165) is 48.4 Å². The van der Waals surface area contributed by atoms with Gasteiger partial charge in [0.25, 0.3) is 0 Å². The van der Waals surface area contributed by atoms with E-state index in [1.54, 1.807) is 12.3 Å². The molecule has 1 heterocycles. The lowest BCUT2D eigenvalue weighted by Gasteiger charge is -2.28. The maximum absolute atomic E-state index is 14.5. The lowest BCUT2D eigenvalue weighted by molar-refractivity contribution is 0.271. The van der Waals surface area contributed by atoms with Gasteiger partial charge in [-0.1, -0.05) is 92.5 Å². The number of benzene rings is 1. The highest BCUT2D eigenvalue weighted by molar-refractivity contribution is 6.53. The van der Waals surface area contributed by atoms with Gasteiger partial charge in [0.15, 0.2) is 5.90 Å². The Morgan fingerprint density at radius 2 is 1.83 bits per heavy atom. The van der Waals surface area contributed by atoms with Crippen LogP contribution < -0.4 is 5.32 Å². The number of nitrogens with zero attached hydrogens (tertiary/aromatic N) is 3. The molecular formula is C39H57F2N5O. The molecule has 0 saturated carbocycles. The normalized spacial score (nSPS) is 16.5. The lowest BCUT2D eigenvalue weighted by atomic mass is 9.86. The molecule has 0 spiro atoms. The van der Waals surface area contributed by atoms with Crippen molar-refractivity contribution in [2.24, 2.45) is 21.8 Å². The van der Waals surface area contributed by atoms with E-state index in [2.05, 4.69) is 51.5 Å². The molecule has 8 heteroatoms. The van der Waals surface area contributed by atoms with Crippen LogP contribution >= 0.6 is 0 Å². The molecule has 0 amide bonds. The zero-order valence-electron chi connectivity index (χ0n) is 30.1. The largest absolute Gasteiger partial charge is 0.481 e. The van der Waals surface area contributed by atoms with Gasteiger partial charge in [0.1, 0.15) is 11.5 Å². The molecule has 0 aliphatic carbocycles. The van der Waals surface area contributed by atoms with E-state index in [-0.39, 0.29) is 24.1 Å². The smallest absolute Gasteiger partial charge is 0.190 e. The fraction of sp³-hybridized carbons (Fsp3) is 0.487. The Hall–Kier alpha value is -4.12. The summed E-state index contributed by atoms with van der Waals surface area (Å²) in [7, 11) is 0.500.